The molecule has 0 saturated carbocycles. The third-order valence-corrected chi connectivity index (χ3v) is 3.04. The molecule has 3 nitrogen and oxygen atoms in total. The van der Waals surface area contributed by atoms with Gasteiger partial charge in [0.15, 0.2) is 0 Å². The van der Waals surface area contributed by atoms with E-state index in [1.165, 1.54) is 11.3 Å². The molecule has 0 spiro atoms. The number of carbonyl (C=O) groups excluding carboxylic acids is 1. The smallest absolute Gasteiger partial charge is 0.144 e. The number of hydrogen-bond acceptors (Lipinski definition) is 2. The maximum absolute atomic E-state index is 8.00. The molecule has 1 aliphatic heterocycles. The average molecular weight is 250 g/mol. The largest absolute Gasteiger partial charge is 0.384 e. The molecule has 1 atom stereocenters. The molecule has 0 aliphatic carbocycles. The van der Waals surface area contributed by atoms with Gasteiger partial charge in [-0.2, -0.15) is 0 Å². The second-order valence-electron chi connectivity index (χ2n) is 4.21. The summed E-state index contributed by atoms with van der Waals surface area (Å²) in [6.45, 7) is 3.94. The molecule has 100 valence electrons. The zero-order valence-corrected chi connectivity index (χ0v) is 10.6. The van der Waals surface area contributed by atoms with Crippen LogP contribution in [0.15, 0.2) is 30.5 Å². The van der Waals surface area contributed by atoms with E-state index in [0.717, 1.165) is 24.1 Å². The lowest BCUT2D eigenvalue weighted by Crippen LogP contribution is -2.38. The fourth-order valence-electron chi connectivity index (χ4n) is 2.15. The summed E-state index contributed by atoms with van der Waals surface area (Å²) in [4.78, 5) is 8.00. The van der Waals surface area contributed by atoms with Gasteiger partial charge in [-0.25, -0.2) is 0 Å². The number of rotatable bonds is 4. The second-order valence-corrected chi connectivity index (χ2v) is 4.21. The van der Waals surface area contributed by atoms with Crippen LogP contribution in [0, 0.1) is 0 Å². The zero-order valence-electron chi connectivity index (χ0n) is 10.6. The van der Waals surface area contributed by atoms with Crippen molar-refractivity contribution in [3.05, 3.63) is 36.0 Å². The van der Waals surface area contributed by atoms with Crippen LogP contribution in [0.2, 0.25) is 0 Å². The number of carbonyl (C=O) groups is 1. The molecule has 1 aliphatic rings. The highest BCUT2D eigenvalue weighted by Crippen LogP contribution is 2.33. The van der Waals surface area contributed by atoms with Crippen molar-refractivity contribution >= 4 is 18.6 Å². The van der Waals surface area contributed by atoms with E-state index in [1.807, 2.05) is 6.79 Å². The quantitative estimate of drug-likeness (QED) is 0.606. The first-order chi connectivity index (χ1) is 8.26. The Labute approximate surface area is 110 Å². The van der Waals surface area contributed by atoms with Crippen LogP contribution in [0.3, 0.4) is 0 Å². The van der Waals surface area contributed by atoms with Crippen LogP contribution < -0.4 is 4.48 Å². The third kappa shape index (κ3) is 3.52. The molecule has 0 bridgehead atoms. The van der Waals surface area contributed by atoms with Crippen molar-refractivity contribution in [2.75, 3.05) is 27.3 Å². The van der Waals surface area contributed by atoms with Crippen LogP contribution in [-0.2, 0) is 9.53 Å². The van der Waals surface area contributed by atoms with E-state index in [1.54, 1.807) is 7.11 Å². The predicted molar refractivity (Wildman–Crippen MR) is 78.4 cm³/mol. The van der Waals surface area contributed by atoms with Crippen molar-refractivity contribution in [2.24, 2.45) is 0 Å². The summed E-state index contributed by atoms with van der Waals surface area (Å²) in [5.41, 5.74) is 2.74. The van der Waals surface area contributed by atoms with Gasteiger partial charge in [0.05, 0.1) is 20.2 Å². The molecule has 3 heteroatoms. The fourth-order valence-corrected chi connectivity index (χ4v) is 2.15. The summed E-state index contributed by atoms with van der Waals surface area (Å²) >= 11 is 0. The number of benzene rings is 1. The Kier molecular flexibility index (Phi) is 7.17. The van der Waals surface area contributed by atoms with Gasteiger partial charge in [-0.3, -0.25) is 4.48 Å². The van der Waals surface area contributed by atoms with Crippen LogP contribution in [0.5, 0.6) is 0 Å². The Morgan fingerprint density at radius 1 is 1.28 bits per heavy atom. The summed E-state index contributed by atoms with van der Waals surface area (Å²) in [7, 11) is 4.01. The summed E-state index contributed by atoms with van der Waals surface area (Å²) < 4.78 is 6.00. The highest BCUT2D eigenvalue weighted by atomic mass is 16.5. The van der Waals surface area contributed by atoms with Crippen molar-refractivity contribution in [1.29, 1.82) is 0 Å². The van der Waals surface area contributed by atoms with Crippen molar-refractivity contribution in [3.63, 3.8) is 0 Å². The van der Waals surface area contributed by atoms with Crippen LogP contribution in [0.4, 0.5) is 5.69 Å². The van der Waals surface area contributed by atoms with Gasteiger partial charge in [-0.15, -0.1) is 0 Å². The number of methoxy groups -OCH3 is 1. The Morgan fingerprint density at radius 3 is 2.61 bits per heavy atom. The van der Waals surface area contributed by atoms with Crippen molar-refractivity contribution < 1.29 is 9.53 Å². The van der Waals surface area contributed by atoms with E-state index in [0.29, 0.717) is 0 Å². The monoisotopic (exact) mass is 250 g/mol. The highest BCUT2D eigenvalue weighted by molar-refractivity contribution is 5.72. The van der Waals surface area contributed by atoms with Gasteiger partial charge in [-0.1, -0.05) is 19.6 Å². The van der Waals surface area contributed by atoms with E-state index < -0.39 is 0 Å². The van der Waals surface area contributed by atoms with E-state index in [4.69, 9.17) is 9.53 Å². The lowest BCUT2D eigenvalue weighted by molar-refractivity contribution is -0.0979. The number of ether oxygens (including phenoxy) is 1. The molecule has 0 aromatic heterocycles. The second kappa shape index (κ2) is 7.80. The number of fused-ring (bicyclic) bond motifs is 1. The fraction of sp³-hybridized carbons (Fsp3) is 0.400. The van der Waals surface area contributed by atoms with E-state index >= 15 is 0 Å². The number of quaternary nitrogens is 1. The summed E-state index contributed by atoms with van der Waals surface area (Å²) in [6, 6.07) is 8.58. The number of nitrogens with zero attached hydrogens (tertiary/aromatic N) is 1. The molecule has 18 heavy (non-hydrogen) atoms. The molecule has 0 amide bonds. The van der Waals surface area contributed by atoms with Crippen LogP contribution in [-0.4, -0.2) is 34.1 Å². The first kappa shape index (κ1) is 16.6. The molecule has 2 rings (SSSR count). The van der Waals surface area contributed by atoms with Gasteiger partial charge >= 0.3 is 0 Å². The minimum atomic E-state index is 0. The Balaban J connectivity index is 0.000000917. The average Bonchev–Trinajstić information content (AvgIpc) is 2.71. The molecule has 1 aromatic carbocycles. The summed E-state index contributed by atoms with van der Waals surface area (Å²) in [6.07, 6.45) is 5.56. The van der Waals surface area contributed by atoms with Crippen molar-refractivity contribution in [3.8, 4) is 0 Å². The minimum absolute atomic E-state index is 0. The number of para-hydroxylation sites is 1. The topological polar surface area (TPSA) is 26.3 Å². The van der Waals surface area contributed by atoms with Gasteiger partial charge in [0.25, 0.3) is 0 Å². The first-order valence-electron chi connectivity index (χ1n) is 5.68. The van der Waals surface area contributed by atoms with Gasteiger partial charge in [-0.05, 0) is 6.07 Å². The van der Waals surface area contributed by atoms with E-state index in [2.05, 4.69) is 43.6 Å². The molecule has 1 aromatic rings. The SMILES string of the molecule is C.C=O.COCCC[N+]1(C)C=Cc2ccccc21. The molecular formula is C15H24NO2+. The standard InChI is InChI=1S/C13H18NO.CH2O.CH4/c1-14(9-5-11-15-2)10-8-12-6-3-4-7-13(12)14;1-2;/h3-4,6-8,10H,5,9,11H2,1-2H3;1H2;1H4/q+1;;. The van der Waals surface area contributed by atoms with Crippen LogP contribution in [0.1, 0.15) is 19.4 Å². The molecule has 0 saturated heterocycles. The zero-order chi connectivity index (χ0) is 12.7. The molecule has 0 N–H and O–H groups in total. The van der Waals surface area contributed by atoms with E-state index in [-0.39, 0.29) is 7.43 Å². The van der Waals surface area contributed by atoms with Gasteiger partial charge in [0.2, 0.25) is 0 Å². The summed E-state index contributed by atoms with van der Waals surface area (Å²) in [5, 5.41) is 0. The maximum atomic E-state index is 8.00. The third-order valence-electron chi connectivity index (χ3n) is 3.04. The lowest BCUT2D eigenvalue weighted by atomic mass is 10.2. The van der Waals surface area contributed by atoms with Gasteiger partial charge in [0.1, 0.15) is 18.7 Å². The first-order valence-corrected chi connectivity index (χ1v) is 5.68. The maximum Gasteiger partial charge on any atom is 0.144 e. The van der Waals surface area contributed by atoms with Crippen molar-refractivity contribution in [2.45, 2.75) is 13.8 Å². The molecular weight excluding hydrogens is 226 g/mol. The molecule has 1 heterocycles. The van der Waals surface area contributed by atoms with Crippen LogP contribution in [0.25, 0.3) is 6.08 Å². The number of hydrogen-bond donors (Lipinski definition) is 0. The predicted octanol–water partition coefficient (Wildman–Crippen LogP) is 3.10. The van der Waals surface area contributed by atoms with Gasteiger partial charge < -0.3 is 9.53 Å². The molecule has 0 fully saturated rings. The Morgan fingerprint density at radius 2 is 1.94 bits per heavy atom. The molecule has 0 radical (unpaired) electrons. The van der Waals surface area contributed by atoms with Gasteiger partial charge in [0, 0.05) is 31.2 Å². The van der Waals surface area contributed by atoms with E-state index in [9.17, 15) is 0 Å². The Hall–Kier alpha value is -1.45. The van der Waals surface area contributed by atoms with Crippen molar-refractivity contribution in [1.82, 2.24) is 4.48 Å². The highest BCUT2D eigenvalue weighted by Gasteiger charge is 2.28. The normalized spacial score (nSPS) is 19.4. The van der Waals surface area contributed by atoms with Crippen LogP contribution >= 0.6 is 0 Å². The lowest BCUT2D eigenvalue weighted by Gasteiger charge is -2.27. The Bertz CT molecular complexity index is 390. The minimum Gasteiger partial charge on any atom is -0.384 e. The summed E-state index contributed by atoms with van der Waals surface area (Å²) in [5.74, 6) is 0. The molecule has 1 unspecified atom stereocenters.